The summed E-state index contributed by atoms with van der Waals surface area (Å²) in [7, 11) is -3.87. The molecule has 0 unspecified atom stereocenters. The fraction of sp³-hybridized carbons (Fsp3) is 0.136. The Morgan fingerprint density at radius 1 is 0.867 bits per heavy atom. The van der Waals surface area contributed by atoms with Crippen LogP contribution in [0.25, 0.3) is 0 Å². The van der Waals surface area contributed by atoms with E-state index in [9.17, 15) is 13.2 Å². The van der Waals surface area contributed by atoms with Gasteiger partial charge in [-0.15, -0.1) is 0 Å². The zero-order valence-corrected chi connectivity index (χ0v) is 20.2. The maximum Gasteiger partial charge on any atom is 0.243 e. The lowest BCUT2D eigenvalue weighted by Crippen LogP contribution is -2.37. The van der Waals surface area contributed by atoms with Crippen LogP contribution in [0.15, 0.2) is 86.6 Å². The molecule has 3 aromatic carbocycles. The molecule has 0 aliphatic rings. The van der Waals surface area contributed by atoms with E-state index in [1.807, 2.05) is 31.2 Å². The smallest absolute Gasteiger partial charge is 0.243 e. The number of aryl methyl sites for hydroxylation is 1. The number of nitrogens with one attached hydrogen (secondary N) is 1. The van der Waals surface area contributed by atoms with Gasteiger partial charge in [0.1, 0.15) is 0 Å². The number of sulfonamides is 1. The van der Waals surface area contributed by atoms with Gasteiger partial charge in [0.25, 0.3) is 0 Å². The normalized spacial score (nSPS) is 11.5. The molecule has 3 aromatic rings. The highest BCUT2D eigenvalue weighted by molar-refractivity contribution is 9.10. The molecule has 3 rings (SSSR count). The van der Waals surface area contributed by atoms with E-state index in [2.05, 4.69) is 37.2 Å². The Hall–Kier alpha value is -2.00. The number of rotatable bonds is 7. The third-order valence-corrected chi connectivity index (χ3v) is 7.24. The number of amides is 1. The fourth-order valence-electron chi connectivity index (χ4n) is 2.77. The number of benzene rings is 3. The standard InChI is InChI=1S/C22H20Br2N2O3S/c1-16-2-12-21(13-3-16)30(28,29)26(14-17-4-6-18(23)7-5-17)15-22(27)25-20-10-8-19(24)9-11-20/h2-13H,14-15H2,1H3,(H,25,27). The van der Waals surface area contributed by atoms with Crippen LogP contribution in [0.5, 0.6) is 0 Å². The Morgan fingerprint density at radius 2 is 1.40 bits per heavy atom. The summed E-state index contributed by atoms with van der Waals surface area (Å²) in [6.45, 7) is 1.67. The minimum atomic E-state index is -3.87. The average molecular weight is 552 g/mol. The van der Waals surface area contributed by atoms with Crippen molar-refractivity contribution in [3.63, 3.8) is 0 Å². The summed E-state index contributed by atoms with van der Waals surface area (Å²) >= 11 is 6.73. The van der Waals surface area contributed by atoms with Crippen LogP contribution in [0.2, 0.25) is 0 Å². The fourth-order valence-corrected chi connectivity index (χ4v) is 4.69. The number of hydrogen-bond acceptors (Lipinski definition) is 3. The molecular formula is C22H20Br2N2O3S. The van der Waals surface area contributed by atoms with Crippen LogP contribution in [0.1, 0.15) is 11.1 Å². The number of anilines is 1. The van der Waals surface area contributed by atoms with Gasteiger partial charge < -0.3 is 5.32 Å². The lowest BCUT2D eigenvalue weighted by Gasteiger charge is -2.22. The van der Waals surface area contributed by atoms with Gasteiger partial charge in [0, 0.05) is 21.2 Å². The van der Waals surface area contributed by atoms with Crippen molar-refractivity contribution in [1.82, 2.24) is 4.31 Å². The maximum absolute atomic E-state index is 13.3. The van der Waals surface area contributed by atoms with Crippen molar-refractivity contribution in [2.45, 2.75) is 18.4 Å². The summed E-state index contributed by atoms with van der Waals surface area (Å²) in [6, 6.07) is 21.0. The first-order valence-corrected chi connectivity index (χ1v) is 12.1. The van der Waals surface area contributed by atoms with Crippen molar-refractivity contribution >= 4 is 53.5 Å². The molecule has 0 radical (unpaired) electrons. The van der Waals surface area contributed by atoms with E-state index in [1.165, 1.54) is 4.31 Å². The SMILES string of the molecule is Cc1ccc(S(=O)(=O)N(CC(=O)Nc2ccc(Br)cc2)Cc2ccc(Br)cc2)cc1. The van der Waals surface area contributed by atoms with E-state index < -0.39 is 15.9 Å². The first kappa shape index (κ1) is 22.7. The maximum atomic E-state index is 13.3. The second-order valence-corrected chi connectivity index (χ2v) is 10.5. The van der Waals surface area contributed by atoms with E-state index >= 15 is 0 Å². The van der Waals surface area contributed by atoms with Crippen LogP contribution < -0.4 is 5.32 Å². The summed E-state index contributed by atoms with van der Waals surface area (Å²) in [5.74, 6) is -0.412. The highest BCUT2D eigenvalue weighted by atomic mass is 79.9. The zero-order valence-electron chi connectivity index (χ0n) is 16.2. The van der Waals surface area contributed by atoms with Crippen molar-refractivity contribution < 1.29 is 13.2 Å². The molecule has 30 heavy (non-hydrogen) atoms. The number of carbonyl (C=O) groups excluding carboxylic acids is 1. The van der Waals surface area contributed by atoms with Gasteiger partial charge in [0.05, 0.1) is 11.4 Å². The van der Waals surface area contributed by atoms with E-state index in [0.717, 1.165) is 20.1 Å². The summed E-state index contributed by atoms with van der Waals surface area (Å²) < 4.78 is 29.5. The summed E-state index contributed by atoms with van der Waals surface area (Å²) in [4.78, 5) is 12.8. The van der Waals surface area contributed by atoms with E-state index in [-0.39, 0.29) is 18.0 Å². The van der Waals surface area contributed by atoms with Gasteiger partial charge in [-0.05, 0) is 61.0 Å². The zero-order chi connectivity index (χ0) is 21.7. The Labute approximate surface area is 193 Å². The molecule has 0 fully saturated rings. The van der Waals surface area contributed by atoms with Crippen molar-refractivity contribution in [3.05, 3.63) is 92.9 Å². The predicted molar refractivity (Wildman–Crippen MR) is 126 cm³/mol. The predicted octanol–water partition coefficient (Wildman–Crippen LogP) is 5.35. The molecule has 5 nitrogen and oxygen atoms in total. The van der Waals surface area contributed by atoms with Crippen LogP contribution in [0.4, 0.5) is 5.69 Å². The van der Waals surface area contributed by atoms with Crippen molar-refractivity contribution in [2.24, 2.45) is 0 Å². The lowest BCUT2D eigenvalue weighted by molar-refractivity contribution is -0.116. The monoisotopic (exact) mass is 550 g/mol. The summed E-state index contributed by atoms with van der Waals surface area (Å²) in [5, 5.41) is 2.75. The molecule has 0 aromatic heterocycles. The molecule has 8 heteroatoms. The van der Waals surface area contributed by atoms with E-state index in [4.69, 9.17) is 0 Å². The molecule has 0 atom stereocenters. The number of hydrogen-bond donors (Lipinski definition) is 1. The van der Waals surface area contributed by atoms with Crippen LogP contribution in [-0.2, 0) is 21.4 Å². The first-order valence-electron chi connectivity index (χ1n) is 9.11. The number of halogens is 2. The van der Waals surface area contributed by atoms with Crippen molar-refractivity contribution in [3.8, 4) is 0 Å². The van der Waals surface area contributed by atoms with Crippen LogP contribution in [-0.4, -0.2) is 25.2 Å². The number of carbonyl (C=O) groups is 1. The third kappa shape index (κ3) is 6.01. The van der Waals surface area contributed by atoms with Gasteiger partial charge in [-0.3, -0.25) is 4.79 Å². The quantitative estimate of drug-likeness (QED) is 0.430. The second kappa shape index (κ2) is 9.87. The second-order valence-electron chi connectivity index (χ2n) is 6.77. The topological polar surface area (TPSA) is 66.5 Å². The molecular weight excluding hydrogens is 532 g/mol. The molecule has 1 amide bonds. The molecule has 0 saturated heterocycles. The molecule has 0 heterocycles. The van der Waals surface area contributed by atoms with Crippen molar-refractivity contribution in [1.29, 1.82) is 0 Å². The van der Waals surface area contributed by atoms with Gasteiger partial charge >= 0.3 is 0 Å². The summed E-state index contributed by atoms with van der Waals surface area (Å²) in [6.07, 6.45) is 0. The minimum absolute atomic E-state index is 0.0806. The van der Waals surface area contributed by atoms with Gasteiger partial charge in [-0.1, -0.05) is 61.7 Å². The minimum Gasteiger partial charge on any atom is -0.325 e. The van der Waals surface area contributed by atoms with E-state index in [1.54, 1.807) is 48.5 Å². The average Bonchev–Trinajstić information content (AvgIpc) is 2.71. The molecule has 0 bridgehead atoms. The summed E-state index contributed by atoms with van der Waals surface area (Å²) in [5.41, 5.74) is 2.34. The van der Waals surface area contributed by atoms with Crippen LogP contribution >= 0.6 is 31.9 Å². The molecule has 1 N–H and O–H groups in total. The van der Waals surface area contributed by atoms with Crippen molar-refractivity contribution in [2.75, 3.05) is 11.9 Å². The third-order valence-electron chi connectivity index (χ3n) is 4.38. The van der Waals surface area contributed by atoms with Crippen LogP contribution in [0, 0.1) is 6.92 Å². The van der Waals surface area contributed by atoms with Gasteiger partial charge in [-0.25, -0.2) is 8.42 Å². The van der Waals surface area contributed by atoms with Gasteiger partial charge in [0.2, 0.25) is 15.9 Å². The molecule has 0 saturated carbocycles. The Morgan fingerprint density at radius 3 is 1.97 bits per heavy atom. The Bertz CT molecular complexity index is 1110. The van der Waals surface area contributed by atoms with Gasteiger partial charge in [0.15, 0.2) is 0 Å². The highest BCUT2D eigenvalue weighted by Crippen LogP contribution is 2.21. The van der Waals surface area contributed by atoms with E-state index in [0.29, 0.717) is 5.69 Å². The van der Waals surface area contributed by atoms with Crippen LogP contribution in [0.3, 0.4) is 0 Å². The number of nitrogens with zero attached hydrogens (tertiary/aromatic N) is 1. The molecule has 156 valence electrons. The lowest BCUT2D eigenvalue weighted by atomic mass is 10.2. The molecule has 0 aliphatic heterocycles. The Kier molecular flexibility index (Phi) is 7.46. The Balaban J connectivity index is 1.86. The van der Waals surface area contributed by atoms with Gasteiger partial charge in [-0.2, -0.15) is 4.31 Å². The highest BCUT2D eigenvalue weighted by Gasteiger charge is 2.27. The molecule has 0 spiro atoms. The first-order chi connectivity index (χ1) is 14.2. The largest absolute Gasteiger partial charge is 0.325 e. The molecule has 0 aliphatic carbocycles.